The molecule has 0 aromatic rings. The number of aliphatic hydroxyl groups excluding tert-OH is 3. The minimum atomic E-state index is -4.67. The average molecular weight is 843 g/mol. The molecule has 58 heavy (non-hydrogen) atoms. The van der Waals surface area contributed by atoms with E-state index in [0.717, 1.165) is 57.8 Å². The number of aliphatic hydroxyl groups is 3. The van der Waals surface area contributed by atoms with Crippen LogP contribution < -0.4 is 0 Å². The molecule has 1 heterocycles. The summed E-state index contributed by atoms with van der Waals surface area (Å²) in [6, 6.07) is 0. The maximum absolute atomic E-state index is 12.8. The molecule has 0 aromatic carbocycles. The minimum Gasteiger partial charge on any atom is -0.462 e. The lowest BCUT2D eigenvalue weighted by Crippen LogP contribution is -2.29. The number of hydrogen-bond donors (Lipinski definition) is 4. The van der Waals surface area contributed by atoms with E-state index in [1.54, 1.807) is 0 Å². The van der Waals surface area contributed by atoms with Gasteiger partial charge in [-0.3, -0.25) is 18.6 Å². The zero-order valence-corrected chi connectivity index (χ0v) is 36.1. The van der Waals surface area contributed by atoms with Crippen LogP contribution in [-0.4, -0.2) is 89.1 Å². The van der Waals surface area contributed by atoms with Gasteiger partial charge in [0, 0.05) is 31.1 Å². The summed E-state index contributed by atoms with van der Waals surface area (Å²) in [6.45, 7) is 2.01. The van der Waals surface area contributed by atoms with Crippen molar-refractivity contribution in [1.82, 2.24) is 0 Å². The maximum atomic E-state index is 12.8. The van der Waals surface area contributed by atoms with Crippen molar-refractivity contribution in [2.75, 3.05) is 26.4 Å². The highest BCUT2D eigenvalue weighted by Crippen LogP contribution is 2.45. The summed E-state index contributed by atoms with van der Waals surface area (Å²) in [5.74, 6) is -0.703. The lowest BCUT2D eigenvalue weighted by atomic mass is 9.89. The van der Waals surface area contributed by atoms with Crippen molar-refractivity contribution in [2.24, 2.45) is 11.8 Å². The van der Waals surface area contributed by atoms with Crippen LogP contribution in [0.1, 0.15) is 149 Å². The summed E-state index contributed by atoms with van der Waals surface area (Å²) in [6.07, 6.45) is 32.7. The third-order valence-corrected chi connectivity index (χ3v) is 11.2. The Morgan fingerprint density at radius 1 is 0.741 bits per heavy atom. The van der Waals surface area contributed by atoms with Crippen molar-refractivity contribution in [2.45, 2.75) is 179 Å². The first kappa shape index (κ1) is 51.9. The molecule has 1 saturated heterocycles. The van der Waals surface area contributed by atoms with Crippen molar-refractivity contribution in [3.05, 3.63) is 48.6 Å². The molecule has 0 aromatic heterocycles. The first-order valence-corrected chi connectivity index (χ1v) is 23.5. The molecular weight excluding hydrogens is 767 g/mol. The van der Waals surface area contributed by atoms with Crippen molar-refractivity contribution >= 4 is 19.8 Å². The highest BCUT2D eigenvalue weighted by molar-refractivity contribution is 7.47. The average Bonchev–Trinajstić information content (AvgIpc) is 3.82. The van der Waals surface area contributed by atoms with E-state index in [-0.39, 0.29) is 43.5 Å². The van der Waals surface area contributed by atoms with Gasteiger partial charge in [0.1, 0.15) is 18.8 Å². The van der Waals surface area contributed by atoms with Gasteiger partial charge in [-0.15, -0.1) is 0 Å². The number of ether oxygens (including phenoxy) is 2. The van der Waals surface area contributed by atoms with Gasteiger partial charge >= 0.3 is 19.8 Å². The number of phosphoric acid groups is 1. The molecule has 2 bridgehead atoms. The van der Waals surface area contributed by atoms with Crippen molar-refractivity contribution in [3.8, 4) is 0 Å². The molecule has 2 aliphatic rings. The van der Waals surface area contributed by atoms with Crippen LogP contribution in [0.25, 0.3) is 0 Å². The molecule has 1 aliphatic heterocycles. The zero-order valence-electron chi connectivity index (χ0n) is 35.2. The van der Waals surface area contributed by atoms with Gasteiger partial charge < -0.3 is 29.7 Å². The molecule has 14 heteroatoms. The Bertz CT molecular complexity index is 1250. The monoisotopic (exact) mass is 842 g/mol. The van der Waals surface area contributed by atoms with E-state index in [9.17, 15) is 29.3 Å². The molecule has 13 nitrogen and oxygen atoms in total. The second kappa shape index (κ2) is 32.6. The van der Waals surface area contributed by atoms with Gasteiger partial charge in [0.05, 0.1) is 32.0 Å². The summed E-state index contributed by atoms with van der Waals surface area (Å²) in [4.78, 5) is 46.2. The Hall–Kier alpha value is -2.19. The maximum Gasteiger partial charge on any atom is 0.472 e. The Balaban J connectivity index is 1.72. The highest BCUT2D eigenvalue weighted by Gasteiger charge is 2.49. The van der Waals surface area contributed by atoms with Crippen molar-refractivity contribution in [1.29, 1.82) is 0 Å². The fraction of sp³-hybridized carbons (Fsp3) is 0.773. The van der Waals surface area contributed by atoms with Crippen LogP contribution >= 0.6 is 7.82 Å². The van der Waals surface area contributed by atoms with E-state index in [2.05, 4.69) is 32.1 Å². The number of esters is 2. The molecule has 2 rings (SSSR count). The van der Waals surface area contributed by atoms with Crippen LogP contribution in [0, 0.1) is 11.8 Å². The molecular formula is C44H75O13P. The van der Waals surface area contributed by atoms with Crippen molar-refractivity contribution in [3.63, 3.8) is 0 Å². The first-order chi connectivity index (χ1) is 28.1. The van der Waals surface area contributed by atoms with E-state index in [1.165, 1.54) is 38.5 Å². The molecule has 4 N–H and O–H groups in total. The van der Waals surface area contributed by atoms with E-state index in [4.69, 9.17) is 33.4 Å². The van der Waals surface area contributed by atoms with E-state index in [1.807, 2.05) is 30.4 Å². The number of carbonyl (C=O) groups is 2. The smallest absolute Gasteiger partial charge is 0.462 e. The quantitative estimate of drug-likeness (QED) is 0.0154. The summed E-state index contributed by atoms with van der Waals surface area (Å²) < 4.78 is 32.8. The van der Waals surface area contributed by atoms with Crippen molar-refractivity contribution < 1.29 is 62.7 Å². The molecule has 1 aliphatic carbocycles. The largest absolute Gasteiger partial charge is 0.472 e. The van der Waals surface area contributed by atoms with Crippen LogP contribution in [0.4, 0.5) is 0 Å². The van der Waals surface area contributed by atoms with Gasteiger partial charge in [0.2, 0.25) is 0 Å². The number of unbranched alkanes of at least 4 members (excludes halogenated alkanes) is 12. The SMILES string of the molecule is CC/C=C\CC(O)/C=C/C1C2CC(OO2)C1C/C=C\CCCC(=O)OC(COC(=O)CCCCCCC/C=C\CCCCCCCC)COP(=O)(O)OCC(O)CO. The lowest BCUT2D eigenvalue weighted by Gasteiger charge is -2.27. The summed E-state index contributed by atoms with van der Waals surface area (Å²) >= 11 is 0. The fourth-order valence-electron chi connectivity index (χ4n) is 6.90. The molecule has 0 amide bonds. The third-order valence-electron chi connectivity index (χ3n) is 10.3. The second-order valence-electron chi connectivity index (χ2n) is 15.4. The number of phosphoric ester groups is 1. The second-order valence-corrected chi connectivity index (χ2v) is 16.9. The number of carbonyl (C=O) groups excluding carboxylic acids is 2. The summed E-state index contributed by atoms with van der Waals surface area (Å²) in [5.41, 5.74) is 0. The molecule has 0 radical (unpaired) electrons. The van der Waals surface area contributed by atoms with Gasteiger partial charge in [-0.2, -0.15) is 0 Å². The lowest BCUT2D eigenvalue weighted by molar-refractivity contribution is -0.336. The fourth-order valence-corrected chi connectivity index (χ4v) is 7.69. The standard InChI is InChI=1S/C44H75O13P/c1-3-5-7-8-9-10-11-12-13-14-15-16-17-18-23-27-43(48)52-34-38(35-54-58(50,51)53-33-37(47)32-45)55-44(49)28-24-20-19-22-26-39-40(42-31-41(39)56-57-42)30-29-36(46)25-21-6-4-2/h6,12-13,19,21-22,29-30,36-42,45-47H,3-5,7-11,14-18,20,23-28,31-35H2,1-2H3,(H,50,51)/b13-12-,21-6-,22-19-,30-29+. The Morgan fingerprint density at radius 3 is 2.07 bits per heavy atom. The Kier molecular flexibility index (Phi) is 29.2. The van der Waals surface area contributed by atoms with E-state index < -0.39 is 57.9 Å². The van der Waals surface area contributed by atoms with E-state index >= 15 is 0 Å². The molecule has 2 fully saturated rings. The summed E-state index contributed by atoms with van der Waals surface area (Å²) in [7, 11) is -4.67. The van der Waals surface area contributed by atoms with E-state index in [0.29, 0.717) is 25.7 Å². The predicted octanol–water partition coefficient (Wildman–Crippen LogP) is 8.69. The highest BCUT2D eigenvalue weighted by atomic mass is 31.2. The van der Waals surface area contributed by atoms with Gasteiger partial charge in [-0.05, 0) is 64.2 Å². The van der Waals surface area contributed by atoms with Gasteiger partial charge in [-0.1, -0.05) is 114 Å². The zero-order chi connectivity index (χ0) is 42.3. The normalized spacial score (nSPS) is 22.0. The molecule has 1 saturated carbocycles. The first-order valence-electron chi connectivity index (χ1n) is 22.0. The Morgan fingerprint density at radius 2 is 1.36 bits per heavy atom. The Labute approximate surface area is 347 Å². The molecule has 0 spiro atoms. The number of fused-ring (bicyclic) bond motifs is 2. The van der Waals surface area contributed by atoms with Crippen LogP contribution in [-0.2, 0) is 42.5 Å². The number of allylic oxidation sites excluding steroid dienone is 5. The van der Waals surface area contributed by atoms with Gasteiger partial charge in [0.15, 0.2) is 6.10 Å². The van der Waals surface area contributed by atoms with Gasteiger partial charge in [0.25, 0.3) is 0 Å². The topological polar surface area (TPSA) is 188 Å². The van der Waals surface area contributed by atoms with Crippen LogP contribution in [0.5, 0.6) is 0 Å². The van der Waals surface area contributed by atoms with Crippen LogP contribution in [0.2, 0.25) is 0 Å². The molecule has 8 atom stereocenters. The predicted molar refractivity (Wildman–Crippen MR) is 223 cm³/mol. The summed E-state index contributed by atoms with van der Waals surface area (Å²) in [5, 5.41) is 28.7. The molecule has 8 unspecified atom stereocenters. The van der Waals surface area contributed by atoms with Gasteiger partial charge in [-0.25, -0.2) is 14.3 Å². The minimum absolute atomic E-state index is 0.00837. The molecule has 334 valence electrons. The van der Waals surface area contributed by atoms with Crippen LogP contribution in [0.3, 0.4) is 0 Å². The van der Waals surface area contributed by atoms with Crippen LogP contribution in [0.15, 0.2) is 48.6 Å². The third kappa shape index (κ3) is 24.8. The number of hydrogen-bond acceptors (Lipinski definition) is 12. The number of rotatable bonds is 36.